The number of aromatic nitrogens is 1. The Morgan fingerprint density at radius 3 is 2.54 bits per heavy atom. The molecule has 2 aromatic rings. The maximum atomic E-state index is 12.5. The summed E-state index contributed by atoms with van der Waals surface area (Å²) < 4.78 is 5.31. The molecule has 0 spiro atoms. The second kappa shape index (κ2) is 7.82. The fraction of sp³-hybridized carbons (Fsp3) is 0.444. The van der Waals surface area contributed by atoms with Crippen molar-refractivity contribution in [3.05, 3.63) is 40.4 Å². The van der Waals surface area contributed by atoms with E-state index in [1.54, 1.807) is 11.3 Å². The van der Waals surface area contributed by atoms with Crippen molar-refractivity contribution in [1.29, 1.82) is 0 Å². The first-order chi connectivity index (χ1) is 12.7. The summed E-state index contributed by atoms with van der Waals surface area (Å²) in [7, 11) is 0. The molecule has 0 unspecified atom stereocenters. The average Bonchev–Trinajstić information content (AvgIpc) is 3.18. The van der Waals surface area contributed by atoms with Crippen LogP contribution in [0, 0.1) is 0 Å². The number of halogens is 1. The van der Waals surface area contributed by atoms with Crippen LogP contribution in [-0.4, -0.2) is 68.3 Å². The predicted molar refractivity (Wildman–Crippen MR) is 105 cm³/mol. The molecule has 8 heteroatoms. The van der Waals surface area contributed by atoms with Gasteiger partial charge in [0.25, 0.3) is 5.91 Å². The Morgan fingerprint density at radius 2 is 1.81 bits per heavy atom. The number of benzene rings is 1. The Morgan fingerprint density at radius 1 is 1.08 bits per heavy atom. The topological polar surface area (TPSA) is 48.9 Å². The van der Waals surface area contributed by atoms with Crippen molar-refractivity contribution >= 4 is 39.7 Å². The van der Waals surface area contributed by atoms with Gasteiger partial charge in [-0.25, -0.2) is 4.98 Å². The van der Waals surface area contributed by atoms with Crippen LogP contribution in [0.1, 0.15) is 10.5 Å². The van der Waals surface area contributed by atoms with Crippen LogP contribution in [-0.2, 0) is 4.74 Å². The number of amides is 1. The van der Waals surface area contributed by atoms with E-state index in [0.29, 0.717) is 32.0 Å². The van der Waals surface area contributed by atoms with Crippen LogP contribution in [0.2, 0.25) is 5.02 Å². The van der Waals surface area contributed by atoms with E-state index in [9.17, 15) is 4.79 Å². The van der Waals surface area contributed by atoms with Gasteiger partial charge in [0.2, 0.25) is 0 Å². The van der Waals surface area contributed by atoms with Gasteiger partial charge in [0.15, 0.2) is 5.13 Å². The van der Waals surface area contributed by atoms with Gasteiger partial charge >= 0.3 is 0 Å². The molecule has 4 rings (SSSR count). The van der Waals surface area contributed by atoms with Gasteiger partial charge < -0.3 is 19.4 Å². The molecule has 2 fully saturated rings. The molecule has 0 saturated carbocycles. The normalized spacial score (nSPS) is 18.3. The summed E-state index contributed by atoms with van der Waals surface area (Å²) >= 11 is 7.64. The van der Waals surface area contributed by atoms with Crippen LogP contribution in [0.3, 0.4) is 0 Å². The summed E-state index contributed by atoms with van der Waals surface area (Å²) in [5.74, 6) is 0.00774. The quantitative estimate of drug-likeness (QED) is 0.803. The predicted octanol–water partition coefficient (Wildman–Crippen LogP) is 2.60. The highest BCUT2D eigenvalue weighted by atomic mass is 35.5. The molecule has 6 nitrogen and oxygen atoms in total. The molecular weight excluding hydrogens is 372 g/mol. The van der Waals surface area contributed by atoms with Crippen molar-refractivity contribution in [2.45, 2.75) is 0 Å². The van der Waals surface area contributed by atoms with Crippen LogP contribution in [0.25, 0.3) is 0 Å². The van der Waals surface area contributed by atoms with Crippen LogP contribution in [0.4, 0.5) is 10.8 Å². The first-order valence-corrected chi connectivity index (χ1v) is 10.0. The second-order valence-corrected chi connectivity index (χ2v) is 7.65. The molecule has 2 aliphatic rings. The average molecular weight is 393 g/mol. The van der Waals surface area contributed by atoms with Gasteiger partial charge in [0.05, 0.1) is 13.2 Å². The summed E-state index contributed by atoms with van der Waals surface area (Å²) in [6.07, 6.45) is 0. The molecule has 0 bridgehead atoms. The summed E-state index contributed by atoms with van der Waals surface area (Å²) in [4.78, 5) is 23.5. The number of carbonyl (C=O) groups excluding carboxylic acids is 1. The molecule has 26 heavy (non-hydrogen) atoms. The lowest BCUT2D eigenvalue weighted by Gasteiger charge is -2.36. The number of thiazole rings is 1. The van der Waals surface area contributed by atoms with Gasteiger partial charge in [-0.2, -0.15) is 0 Å². The van der Waals surface area contributed by atoms with Gasteiger partial charge in [-0.15, -0.1) is 11.3 Å². The van der Waals surface area contributed by atoms with Crippen molar-refractivity contribution in [3.63, 3.8) is 0 Å². The van der Waals surface area contributed by atoms with Crippen molar-refractivity contribution in [2.24, 2.45) is 0 Å². The third-order valence-electron chi connectivity index (χ3n) is 4.73. The van der Waals surface area contributed by atoms with E-state index in [0.717, 1.165) is 42.0 Å². The zero-order valence-electron chi connectivity index (χ0n) is 14.4. The van der Waals surface area contributed by atoms with Crippen molar-refractivity contribution in [2.75, 3.05) is 62.3 Å². The maximum absolute atomic E-state index is 12.5. The van der Waals surface area contributed by atoms with E-state index in [2.05, 4.69) is 20.9 Å². The molecule has 0 atom stereocenters. The van der Waals surface area contributed by atoms with Crippen molar-refractivity contribution in [1.82, 2.24) is 9.88 Å². The summed E-state index contributed by atoms with van der Waals surface area (Å²) in [5.41, 5.74) is 1.70. The fourth-order valence-corrected chi connectivity index (χ4v) is 4.30. The summed E-state index contributed by atoms with van der Waals surface area (Å²) in [5, 5.41) is 3.56. The van der Waals surface area contributed by atoms with Crippen LogP contribution in [0.5, 0.6) is 0 Å². The largest absolute Gasteiger partial charge is 0.378 e. The molecule has 2 aliphatic heterocycles. The molecule has 138 valence electrons. The number of anilines is 2. The van der Waals surface area contributed by atoms with E-state index >= 15 is 0 Å². The maximum Gasteiger partial charge on any atom is 0.273 e. The molecule has 0 N–H and O–H groups in total. The Balaban J connectivity index is 1.37. The Bertz CT molecular complexity index is 770. The Hall–Kier alpha value is -1.83. The number of rotatable bonds is 3. The molecule has 0 aliphatic carbocycles. The monoisotopic (exact) mass is 392 g/mol. The molecule has 1 aromatic carbocycles. The number of carbonyl (C=O) groups is 1. The number of hydrogen-bond acceptors (Lipinski definition) is 6. The molecule has 1 amide bonds. The van der Waals surface area contributed by atoms with Gasteiger partial charge in [0.1, 0.15) is 5.69 Å². The van der Waals surface area contributed by atoms with E-state index in [1.807, 2.05) is 28.5 Å². The number of hydrogen-bond donors (Lipinski definition) is 0. The van der Waals surface area contributed by atoms with Crippen LogP contribution < -0.4 is 9.80 Å². The lowest BCUT2D eigenvalue weighted by atomic mass is 10.2. The highest BCUT2D eigenvalue weighted by molar-refractivity contribution is 7.13. The first-order valence-electron chi connectivity index (χ1n) is 8.79. The van der Waals surface area contributed by atoms with E-state index < -0.39 is 0 Å². The van der Waals surface area contributed by atoms with E-state index in [-0.39, 0.29) is 5.91 Å². The minimum Gasteiger partial charge on any atom is -0.378 e. The van der Waals surface area contributed by atoms with Gasteiger partial charge in [-0.05, 0) is 18.2 Å². The SMILES string of the molecule is O=C(c1csc(N2CCN(c3cccc(Cl)c3)CC2)n1)N1CCOCC1. The summed E-state index contributed by atoms with van der Waals surface area (Å²) in [6, 6.07) is 7.96. The van der Waals surface area contributed by atoms with E-state index in [1.165, 1.54) is 0 Å². The smallest absolute Gasteiger partial charge is 0.273 e. The van der Waals surface area contributed by atoms with Crippen LogP contribution in [0.15, 0.2) is 29.6 Å². The lowest BCUT2D eigenvalue weighted by molar-refractivity contribution is 0.0299. The molecule has 1 aromatic heterocycles. The van der Waals surface area contributed by atoms with Gasteiger partial charge in [-0.1, -0.05) is 17.7 Å². The third-order valence-corrected chi connectivity index (χ3v) is 5.87. The van der Waals surface area contributed by atoms with Crippen LogP contribution >= 0.6 is 22.9 Å². The second-order valence-electron chi connectivity index (χ2n) is 6.37. The highest BCUT2D eigenvalue weighted by Gasteiger charge is 2.24. The van der Waals surface area contributed by atoms with E-state index in [4.69, 9.17) is 16.3 Å². The number of ether oxygens (including phenoxy) is 1. The lowest BCUT2D eigenvalue weighted by Crippen LogP contribution is -2.46. The standard InChI is InChI=1S/C18H21ClN4O2S/c19-14-2-1-3-15(12-14)21-4-6-23(7-5-21)18-20-16(13-26-18)17(24)22-8-10-25-11-9-22/h1-3,12-13H,4-11H2. The Labute approximate surface area is 161 Å². The number of morpholine rings is 1. The Kier molecular flexibility index (Phi) is 5.28. The minimum absolute atomic E-state index is 0.00774. The molecule has 0 radical (unpaired) electrons. The third kappa shape index (κ3) is 3.79. The number of piperazine rings is 1. The zero-order valence-corrected chi connectivity index (χ0v) is 16.0. The minimum atomic E-state index is 0.00774. The molecular formula is C18H21ClN4O2S. The van der Waals surface area contributed by atoms with Crippen molar-refractivity contribution < 1.29 is 9.53 Å². The molecule has 2 saturated heterocycles. The summed E-state index contributed by atoms with van der Waals surface area (Å²) in [6.45, 7) is 6.08. The first kappa shape index (κ1) is 17.6. The van der Waals surface area contributed by atoms with Gasteiger partial charge in [-0.3, -0.25) is 4.79 Å². The fourth-order valence-electron chi connectivity index (χ4n) is 3.26. The van der Waals surface area contributed by atoms with Gasteiger partial charge in [0, 0.05) is 55.4 Å². The highest BCUT2D eigenvalue weighted by Crippen LogP contribution is 2.25. The van der Waals surface area contributed by atoms with Crippen molar-refractivity contribution in [3.8, 4) is 0 Å². The number of nitrogens with zero attached hydrogens (tertiary/aromatic N) is 4. The molecule has 3 heterocycles. The zero-order chi connectivity index (χ0) is 17.9.